The van der Waals surface area contributed by atoms with Crippen molar-refractivity contribution >= 4 is 17.7 Å². The molecule has 1 amide bonds. The Morgan fingerprint density at radius 3 is 2.33 bits per heavy atom. The topological polar surface area (TPSA) is 47.6 Å². The molecule has 1 atom stereocenters. The van der Waals surface area contributed by atoms with E-state index in [1.807, 2.05) is 43.5 Å². The highest BCUT2D eigenvalue weighted by molar-refractivity contribution is 7.98. The van der Waals surface area contributed by atoms with E-state index in [9.17, 15) is 4.79 Å². The van der Waals surface area contributed by atoms with Gasteiger partial charge in [-0.25, -0.2) is 0 Å². The van der Waals surface area contributed by atoms with Gasteiger partial charge < -0.3 is 14.8 Å². The maximum absolute atomic E-state index is 12.3. The van der Waals surface area contributed by atoms with Crippen LogP contribution in [0.1, 0.15) is 24.1 Å². The first-order valence-electron chi connectivity index (χ1n) is 7.71. The monoisotopic (exact) mass is 345 g/mol. The Balaban J connectivity index is 1.99. The van der Waals surface area contributed by atoms with E-state index < -0.39 is 0 Å². The molecule has 0 saturated carbocycles. The molecule has 0 radical (unpaired) electrons. The first-order valence-corrected chi connectivity index (χ1v) is 8.94. The summed E-state index contributed by atoms with van der Waals surface area (Å²) in [4.78, 5) is 13.5. The van der Waals surface area contributed by atoms with Crippen molar-refractivity contribution in [1.82, 2.24) is 5.32 Å². The second-order valence-electron chi connectivity index (χ2n) is 5.43. The Labute approximate surface area is 147 Å². The Morgan fingerprint density at radius 2 is 1.75 bits per heavy atom. The number of carbonyl (C=O) groups is 1. The zero-order valence-electron chi connectivity index (χ0n) is 14.5. The van der Waals surface area contributed by atoms with Gasteiger partial charge in [-0.3, -0.25) is 4.79 Å². The summed E-state index contributed by atoms with van der Waals surface area (Å²) >= 11 is 1.70. The van der Waals surface area contributed by atoms with Crippen molar-refractivity contribution in [1.29, 1.82) is 0 Å². The first kappa shape index (κ1) is 18.2. The summed E-state index contributed by atoms with van der Waals surface area (Å²) in [5.41, 5.74) is 1.98. The van der Waals surface area contributed by atoms with E-state index in [2.05, 4.69) is 17.4 Å². The maximum atomic E-state index is 12.3. The molecule has 128 valence electrons. The highest BCUT2D eigenvalue weighted by Crippen LogP contribution is 2.27. The molecule has 0 spiro atoms. The molecule has 2 aromatic carbocycles. The number of methoxy groups -OCH3 is 2. The van der Waals surface area contributed by atoms with Gasteiger partial charge in [0.25, 0.3) is 0 Å². The lowest BCUT2D eigenvalue weighted by Crippen LogP contribution is -2.28. The van der Waals surface area contributed by atoms with Gasteiger partial charge in [0.2, 0.25) is 5.91 Å². The Hall–Kier alpha value is -2.14. The standard InChI is InChI=1S/C19H23NO3S/c1-13(15-6-8-16(24-4)9-7-15)20-19(21)12-14-5-10-17(22-2)18(11-14)23-3/h5-11,13H,12H2,1-4H3,(H,20,21)/t13-/m1/s1. The molecule has 0 aromatic heterocycles. The molecule has 0 bridgehead atoms. The van der Waals surface area contributed by atoms with Crippen LogP contribution in [0.25, 0.3) is 0 Å². The third kappa shape index (κ3) is 4.68. The molecule has 0 fully saturated rings. The fourth-order valence-electron chi connectivity index (χ4n) is 2.44. The molecule has 0 aliphatic carbocycles. The van der Waals surface area contributed by atoms with E-state index in [4.69, 9.17) is 9.47 Å². The fourth-order valence-corrected chi connectivity index (χ4v) is 2.85. The predicted molar refractivity (Wildman–Crippen MR) is 98.0 cm³/mol. The Kier molecular flexibility index (Phi) is 6.55. The third-order valence-electron chi connectivity index (χ3n) is 3.81. The van der Waals surface area contributed by atoms with Gasteiger partial charge in [0, 0.05) is 4.90 Å². The molecule has 24 heavy (non-hydrogen) atoms. The van der Waals surface area contributed by atoms with Crippen LogP contribution in [0.5, 0.6) is 11.5 Å². The van der Waals surface area contributed by atoms with E-state index in [1.165, 1.54) is 4.90 Å². The molecule has 5 heteroatoms. The summed E-state index contributed by atoms with van der Waals surface area (Å²) in [6.45, 7) is 1.99. The lowest BCUT2D eigenvalue weighted by atomic mass is 10.1. The van der Waals surface area contributed by atoms with Gasteiger partial charge in [-0.15, -0.1) is 11.8 Å². The zero-order valence-corrected chi connectivity index (χ0v) is 15.3. The number of ether oxygens (including phenoxy) is 2. The minimum atomic E-state index is -0.0337. The van der Waals surface area contributed by atoms with Gasteiger partial charge in [0.05, 0.1) is 26.7 Å². The zero-order chi connectivity index (χ0) is 17.5. The van der Waals surface area contributed by atoms with Crippen LogP contribution in [0, 0.1) is 0 Å². The predicted octanol–water partition coefficient (Wildman–Crippen LogP) is 3.85. The number of hydrogen-bond donors (Lipinski definition) is 1. The summed E-state index contributed by atoms with van der Waals surface area (Å²) in [5.74, 6) is 1.26. The lowest BCUT2D eigenvalue weighted by Gasteiger charge is -2.15. The summed E-state index contributed by atoms with van der Waals surface area (Å²) in [7, 11) is 3.18. The number of rotatable bonds is 7. The Bertz CT molecular complexity index is 686. The number of carbonyl (C=O) groups excluding carboxylic acids is 1. The molecular weight excluding hydrogens is 322 g/mol. The van der Waals surface area contributed by atoms with E-state index in [1.54, 1.807) is 26.0 Å². The van der Waals surface area contributed by atoms with Gasteiger partial charge in [0.1, 0.15) is 0 Å². The summed E-state index contributed by atoms with van der Waals surface area (Å²) in [5, 5.41) is 3.03. The summed E-state index contributed by atoms with van der Waals surface area (Å²) < 4.78 is 10.5. The molecule has 2 aromatic rings. The summed E-state index contributed by atoms with van der Waals surface area (Å²) in [6.07, 6.45) is 2.34. The van der Waals surface area contributed by atoms with E-state index in [0.717, 1.165) is 11.1 Å². The number of amides is 1. The summed E-state index contributed by atoms with van der Waals surface area (Å²) in [6, 6.07) is 13.7. The van der Waals surface area contributed by atoms with Crippen molar-refractivity contribution in [3.63, 3.8) is 0 Å². The van der Waals surface area contributed by atoms with Gasteiger partial charge >= 0.3 is 0 Å². The molecule has 0 heterocycles. The van der Waals surface area contributed by atoms with Gasteiger partial charge in [-0.2, -0.15) is 0 Å². The SMILES string of the molecule is COc1ccc(CC(=O)N[C@H](C)c2ccc(SC)cc2)cc1OC. The van der Waals surface area contributed by atoms with Crippen LogP contribution in [0.3, 0.4) is 0 Å². The average molecular weight is 345 g/mol. The van der Waals surface area contributed by atoms with E-state index >= 15 is 0 Å². The van der Waals surface area contributed by atoms with Gasteiger partial charge in [-0.1, -0.05) is 18.2 Å². The molecule has 0 saturated heterocycles. The lowest BCUT2D eigenvalue weighted by molar-refractivity contribution is -0.121. The van der Waals surface area contributed by atoms with Crippen molar-refractivity contribution in [3.8, 4) is 11.5 Å². The van der Waals surface area contributed by atoms with Crippen LogP contribution in [0.15, 0.2) is 47.4 Å². The molecule has 4 nitrogen and oxygen atoms in total. The Morgan fingerprint density at radius 1 is 1.08 bits per heavy atom. The minimum absolute atomic E-state index is 0.0244. The largest absolute Gasteiger partial charge is 0.493 e. The highest BCUT2D eigenvalue weighted by atomic mass is 32.2. The smallest absolute Gasteiger partial charge is 0.224 e. The number of hydrogen-bond acceptors (Lipinski definition) is 4. The normalized spacial score (nSPS) is 11.7. The second-order valence-corrected chi connectivity index (χ2v) is 6.31. The third-order valence-corrected chi connectivity index (χ3v) is 4.55. The number of thioether (sulfide) groups is 1. The number of benzene rings is 2. The van der Waals surface area contributed by atoms with Crippen LogP contribution in [-0.2, 0) is 11.2 Å². The molecule has 0 unspecified atom stereocenters. The molecule has 1 N–H and O–H groups in total. The molecule has 0 aliphatic rings. The first-order chi connectivity index (χ1) is 11.6. The van der Waals surface area contributed by atoms with Gasteiger partial charge in [-0.05, 0) is 48.6 Å². The van der Waals surface area contributed by atoms with Crippen molar-refractivity contribution in [3.05, 3.63) is 53.6 Å². The fraction of sp³-hybridized carbons (Fsp3) is 0.316. The second kappa shape index (κ2) is 8.64. The van der Waals surface area contributed by atoms with Crippen LogP contribution in [0.4, 0.5) is 0 Å². The van der Waals surface area contributed by atoms with E-state index in [-0.39, 0.29) is 11.9 Å². The van der Waals surface area contributed by atoms with E-state index in [0.29, 0.717) is 17.9 Å². The van der Waals surface area contributed by atoms with Crippen LogP contribution < -0.4 is 14.8 Å². The highest BCUT2D eigenvalue weighted by Gasteiger charge is 2.12. The molecule has 2 rings (SSSR count). The maximum Gasteiger partial charge on any atom is 0.224 e. The molecule has 0 aliphatic heterocycles. The average Bonchev–Trinajstić information content (AvgIpc) is 2.61. The van der Waals surface area contributed by atoms with Crippen LogP contribution >= 0.6 is 11.8 Å². The molecular formula is C19H23NO3S. The van der Waals surface area contributed by atoms with Crippen molar-refractivity contribution in [2.24, 2.45) is 0 Å². The quantitative estimate of drug-likeness (QED) is 0.775. The van der Waals surface area contributed by atoms with Gasteiger partial charge in [0.15, 0.2) is 11.5 Å². The van der Waals surface area contributed by atoms with Crippen molar-refractivity contribution in [2.75, 3.05) is 20.5 Å². The van der Waals surface area contributed by atoms with Crippen molar-refractivity contribution in [2.45, 2.75) is 24.3 Å². The van der Waals surface area contributed by atoms with Crippen molar-refractivity contribution < 1.29 is 14.3 Å². The van der Waals surface area contributed by atoms with Crippen LogP contribution in [0.2, 0.25) is 0 Å². The number of nitrogens with one attached hydrogen (secondary N) is 1. The van der Waals surface area contributed by atoms with Crippen LogP contribution in [-0.4, -0.2) is 26.4 Å². The minimum Gasteiger partial charge on any atom is -0.493 e.